The Hall–Kier alpha value is -1.36. The molecule has 4 rings (SSSR count). The molecule has 0 radical (unpaired) electrons. The van der Waals surface area contributed by atoms with Crippen molar-refractivity contribution in [1.82, 2.24) is 15.3 Å². The Labute approximate surface area is 147 Å². The molecule has 2 fully saturated rings. The minimum absolute atomic E-state index is 0.374. The van der Waals surface area contributed by atoms with E-state index in [4.69, 9.17) is 4.98 Å². The van der Waals surface area contributed by atoms with Gasteiger partial charge in [-0.05, 0) is 19.8 Å². The van der Waals surface area contributed by atoms with Gasteiger partial charge in [0.1, 0.15) is 5.82 Å². The molecule has 5 nitrogen and oxygen atoms in total. The molecule has 2 unspecified atom stereocenters. The number of aryl methyl sites for hydroxylation is 1. The zero-order chi connectivity index (χ0) is 17.9. The number of piperazine rings is 1. The third kappa shape index (κ3) is 3.37. The molecular weight excluding hydrogens is 298 g/mol. The molecule has 0 aromatic carbocycles. The van der Waals surface area contributed by atoms with E-state index in [1.54, 1.807) is 0 Å². The Bertz CT molecular complexity index is 543. The Morgan fingerprint density at radius 1 is 1.08 bits per heavy atom. The van der Waals surface area contributed by atoms with Gasteiger partial charge in [0.05, 0.1) is 17.4 Å². The van der Waals surface area contributed by atoms with Crippen LogP contribution in [-0.2, 0) is 0 Å². The van der Waals surface area contributed by atoms with Gasteiger partial charge in [-0.15, -0.1) is 0 Å². The standard InChI is InChI=1S/C15H23N5.2C2H6/c1-8(2)14-17-9(3)13-15(19-14)20-7-10-4-5-11(18-10)12(20)6-16-13;2*1-2/h8,10-12,16,18H,4-7H2,1-3H3;2*1-2H3/t10?,11-,12?;;/m1../s1. The lowest BCUT2D eigenvalue weighted by molar-refractivity contribution is 0.379. The third-order valence-electron chi connectivity index (χ3n) is 4.92. The normalized spacial score (nSPS) is 26.3. The Morgan fingerprint density at radius 3 is 2.46 bits per heavy atom. The molecule has 3 atom stereocenters. The summed E-state index contributed by atoms with van der Waals surface area (Å²) in [6.45, 7) is 16.5. The zero-order valence-corrected chi connectivity index (χ0v) is 16.5. The number of hydrogen-bond acceptors (Lipinski definition) is 5. The Balaban J connectivity index is 0.000000487. The summed E-state index contributed by atoms with van der Waals surface area (Å²) in [4.78, 5) is 12.1. The molecule has 0 amide bonds. The van der Waals surface area contributed by atoms with Crippen molar-refractivity contribution in [3.8, 4) is 0 Å². The summed E-state index contributed by atoms with van der Waals surface area (Å²) in [5.41, 5.74) is 2.23. The van der Waals surface area contributed by atoms with Crippen LogP contribution in [0.4, 0.5) is 11.5 Å². The first-order valence-corrected chi connectivity index (χ1v) is 9.78. The van der Waals surface area contributed by atoms with Crippen LogP contribution in [0, 0.1) is 6.92 Å². The minimum atomic E-state index is 0.374. The van der Waals surface area contributed by atoms with Crippen molar-refractivity contribution in [2.75, 3.05) is 23.3 Å². The molecule has 24 heavy (non-hydrogen) atoms. The fraction of sp³-hybridized carbons (Fsp3) is 0.789. The first-order chi connectivity index (χ1) is 11.6. The molecule has 3 aliphatic rings. The number of fused-ring (bicyclic) bond motifs is 6. The van der Waals surface area contributed by atoms with E-state index >= 15 is 0 Å². The predicted molar refractivity (Wildman–Crippen MR) is 103 cm³/mol. The molecule has 2 N–H and O–H groups in total. The fourth-order valence-corrected chi connectivity index (χ4v) is 3.84. The number of nitrogens with one attached hydrogen (secondary N) is 2. The lowest BCUT2D eigenvalue weighted by Crippen LogP contribution is -2.62. The summed E-state index contributed by atoms with van der Waals surface area (Å²) in [7, 11) is 0. The molecule has 2 saturated heterocycles. The highest BCUT2D eigenvalue weighted by Crippen LogP contribution is 2.38. The average molecular weight is 334 g/mol. The summed E-state index contributed by atoms with van der Waals surface area (Å²) in [6, 6.07) is 1.79. The number of rotatable bonds is 1. The second kappa shape index (κ2) is 8.15. The molecule has 1 aromatic rings. The quantitative estimate of drug-likeness (QED) is 0.821. The summed E-state index contributed by atoms with van der Waals surface area (Å²) in [5.74, 6) is 2.48. The number of aromatic nitrogens is 2. The van der Waals surface area contributed by atoms with Gasteiger partial charge in [0, 0.05) is 31.1 Å². The van der Waals surface area contributed by atoms with E-state index in [0.29, 0.717) is 24.0 Å². The van der Waals surface area contributed by atoms with E-state index < -0.39 is 0 Å². The van der Waals surface area contributed by atoms with E-state index in [-0.39, 0.29) is 0 Å². The molecule has 5 heteroatoms. The smallest absolute Gasteiger partial charge is 0.156 e. The molecule has 3 aliphatic heterocycles. The van der Waals surface area contributed by atoms with Crippen LogP contribution in [0.1, 0.15) is 71.8 Å². The van der Waals surface area contributed by atoms with Gasteiger partial charge in [-0.1, -0.05) is 41.5 Å². The van der Waals surface area contributed by atoms with Crippen molar-refractivity contribution in [2.45, 2.75) is 85.4 Å². The van der Waals surface area contributed by atoms with E-state index in [1.807, 2.05) is 27.7 Å². The molecule has 0 saturated carbocycles. The van der Waals surface area contributed by atoms with Crippen LogP contribution in [0.25, 0.3) is 0 Å². The highest BCUT2D eigenvalue weighted by atomic mass is 15.3. The number of hydrogen-bond donors (Lipinski definition) is 2. The monoisotopic (exact) mass is 333 g/mol. The maximum atomic E-state index is 4.88. The van der Waals surface area contributed by atoms with E-state index in [9.17, 15) is 0 Å². The fourth-order valence-electron chi connectivity index (χ4n) is 3.84. The first-order valence-electron chi connectivity index (χ1n) is 9.78. The summed E-state index contributed by atoms with van der Waals surface area (Å²) >= 11 is 0. The molecule has 4 heterocycles. The van der Waals surface area contributed by atoms with Crippen molar-refractivity contribution >= 4 is 11.5 Å². The van der Waals surface area contributed by atoms with Gasteiger partial charge in [0.2, 0.25) is 0 Å². The van der Waals surface area contributed by atoms with Gasteiger partial charge < -0.3 is 15.5 Å². The van der Waals surface area contributed by atoms with Crippen LogP contribution in [0.15, 0.2) is 0 Å². The highest BCUT2D eigenvalue weighted by Gasteiger charge is 2.43. The number of anilines is 2. The molecule has 0 spiro atoms. The second-order valence-electron chi connectivity index (χ2n) is 6.67. The van der Waals surface area contributed by atoms with Crippen LogP contribution in [0.3, 0.4) is 0 Å². The van der Waals surface area contributed by atoms with Crippen LogP contribution in [0.5, 0.6) is 0 Å². The topological polar surface area (TPSA) is 53.1 Å². The molecule has 2 bridgehead atoms. The summed E-state index contributed by atoms with van der Waals surface area (Å²) in [5, 5.41) is 7.32. The Kier molecular flexibility index (Phi) is 6.44. The summed E-state index contributed by atoms with van der Waals surface area (Å²) < 4.78 is 0. The van der Waals surface area contributed by atoms with Crippen molar-refractivity contribution in [2.24, 2.45) is 0 Å². The van der Waals surface area contributed by atoms with Crippen LogP contribution in [0.2, 0.25) is 0 Å². The first kappa shape index (κ1) is 19.0. The highest BCUT2D eigenvalue weighted by molar-refractivity contribution is 5.71. The van der Waals surface area contributed by atoms with Crippen LogP contribution >= 0.6 is 0 Å². The second-order valence-corrected chi connectivity index (χ2v) is 6.67. The molecule has 136 valence electrons. The SMILES string of the molecule is CC.CC.Cc1nc(C(C)C)nc2c1NCC1[C@H]3CCC(CN21)N3. The van der Waals surface area contributed by atoms with Crippen molar-refractivity contribution in [1.29, 1.82) is 0 Å². The largest absolute Gasteiger partial charge is 0.378 e. The van der Waals surface area contributed by atoms with Gasteiger partial charge in [-0.2, -0.15) is 0 Å². The van der Waals surface area contributed by atoms with E-state index in [1.165, 1.54) is 12.8 Å². The zero-order valence-electron chi connectivity index (χ0n) is 16.5. The van der Waals surface area contributed by atoms with Gasteiger partial charge in [0.25, 0.3) is 0 Å². The number of nitrogens with zero attached hydrogens (tertiary/aromatic N) is 3. The molecule has 0 aliphatic carbocycles. The lowest BCUT2D eigenvalue weighted by atomic mass is 10.0. The van der Waals surface area contributed by atoms with Crippen molar-refractivity contribution < 1.29 is 0 Å². The van der Waals surface area contributed by atoms with E-state index in [2.05, 4.69) is 41.3 Å². The lowest BCUT2D eigenvalue weighted by Gasteiger charge is -2.45. The summed E-state index contributed by atoms with van der Waals surface area (Å²) in [6.07, 6.45) is 2.60. The molecule has 1 aromatic heterocycles. The van der Waals surface area contributed by atoms with Gasteiger partial charge in [-0.25, -0.2) is 9.97 Å². The van der Waals surface area contributed by atoms with E-state index in [0.717, 1.165) is 36.1 Å². The minimum Gasteiger partial charge on any atom is -0.378 e. The maximum absolute atomic E-state index is 4.88. The average Bonchev–Trinajstić information content (AvgIpc) is 3.00. The molecular formula is C19H35N5. The maximum Gasteiger partial charge on any atom is 0.156 e. The van der Waals surface area contributed by atoms with Crippen LogP contribution in [-0.4, -0.2) is 41.2 Å². The van der Waals surface area contributed by atoms with Crippen molar-refractivity contribution in [3.05, 3.63) is 11.5 Å². The Morgan fingerprint density at radius 2 is 1.79 bits per heavy atom. The van der Waals surface area contributed by atoms with Gasteiger partial charge >= 0.3 is 0 Å². The van der Waals surface area contributed by atoms with Crippen LogP contribution < -0.4 is 15.5 Å². The van der Waals surface area contributed by atoms with Gasteiger partial charge in [0.15, 0.2) is 5.82 Å². The van der Waals surface area contributed by atoms with Crippen molar-refractivity contribution in [3.63, 3.8) is 0 Å². The predicted octanol–water partition coefficient (Wildman–Crippen LogP) is 3.70. The third-order valence-corrected chi connectivity index (χ3v) is 4.92. The van der Waals surface area contributed by atoms with Gasteiger partial charge in [-0.3, -0.25) is 0 Å².